The van der Waals surface area contributed by atoms with E-state index in [0.29, 0.717) is 30.6 Å². The quantitative estimate of drug-likeness (QED) is 0.851. The van der Waals surface area contributed by atoms with E-state index in [0.717, 1.165) is 5.56 Å². The number of benzene rings is 1. The Bertz CT molecular complexity index is 632. The molecule has 0 unspecified atom stereocenters. The van der Waals surface area contributed by atoms with Crippen molar-refractivity contribution in [3.8, 4) is 17.1 Å². The molecule has 1 amide bonds. The third-order valence-corrected chi connectivity index (χ3v) is 3.47. The summed E-state index contributed by atoms with van der Waals surface area (Å²) in [4.78, 5) is 17.3. The molecule has 0 bridgehead atoms. The molecule has 0 spiro atoms. The van der Waals surface area contributed by atoms with Crippen LogP contribution in [0.25, 0.3) is 11.4 Å². The number of methoxy groups -OCH3 is 1. The molecule has 0 saturated carbocycles. The monoisotopic (exact) mass is 273 g/mol. The van der Waals surface area contributed by atoms with Gasteiger partial charge in [0.15, 0.2) is 0 Å². The van der Waals surface area contributed by atoms with Gasteiger partial charge < -0.3 is 14.2 Å². The van der Waals surface area contributed by atoms with Crippen LogP contribution >= 0.6 is 0 Å². The molecule has 20 heavy (non-hydrogen) atoms. The summed E-state index contributed by atoms with van der Waals surface area (Å²) in [6, 6.07) is 7.52. The van der Waals surface area contributed by atoms with Crippen LogP contribution in [0.4, 0.5) is 0 Å². The minimum Gasteiger partial charge on any atom is -0.496 e. The summed E-state index contributed by atoms with van der Waals surface area (Å²) in [7, 11) is 1.61. The number of amides is 1. The van der Waals surface area contributed by atoms with Crippen molar-refractivity contribution in [2.24, 2.45) is 0 Å². The molecule has 2 heterocycles. The van der Waals surface area contributed by atoms with Crippen LogP contribution < -0.4 is 4.74 Å². The summed E-state index contributed by atoms with van der Waals surface area (Å²) in [5.74, 6) is 2.00. The minimum absolute atomic E-state index is 0.0747. The molecule has 0 radical (unpaired) electrons. The zero-order chi connectivity index (χ0) is 14.1. The van der Waals surface area contributed by atoms with E-state index in [-0.39, 0.29) is 11.8 Å². The van der Waals surface area contributed by atoms with E-state index in [2.05, 4.69) is 10.1 Å². The molecule has 6 nitrogen and oxygen atoms in total. The van der Waals surface area contributed by atoms with Gasteiger partial charge >= 0.3 is 0 Å². The van der Waals surface area contributed by atoms with Gasteiger partial charge in [-0.15, -0.1) is 0 Å². The maximum Gasteiger partial charge on any atom is 0.233 e. The predicted molar refractivity (Wildman–Crippen MR) is 71.3 cm³/mol. The topological polar surface area (TPSA) is 68.5 Å². The van der Waals surface area contributed by atoms with E-state index in [4.69, 9.17) is 9.26 Å². The van der Waals surface area contributed by atoms with Crippen molar-refractivity contribution in [2.75, 3.05) is 20.2 Å². The summed E-state index contributed by atoms with van der Waals surface area (Å²) in [6.45, 7) is 2.84. The first-order valence-corrected chi connectivity index (χ1v) is 6.41. The van der Waals surface area contributed by atoms with E-state index in [1.54, 1.807) is 18.9 Å². The van der Waals surface area contributed by atoms with Crippen LogP contribution in [0, 0.1) is 0 Å². The van der Waals surface area contributed by atoms with Crippen molar-refractivity contribution in [3.05, 3.63) is 30.2 Å². The van der Waals surface area contributed by atoms with Crippen LogP contribution in [0.1, 0.15) is 18.7 Å². The summed E-state index contributed by atoms with van der Waals surface area (Å²) in [5, 5.41) is 4.00. The van der Waals surface area contributed by atoms with Crippen molar-refractivity contribution in [3.63, 3.8) is 0 Å². The number of hydrogen-bond acceptors (Lipinski definition) is 5. The number of carbonyl (C=O) groups excluding carboxylic acids is 1. The Morgan fingerprint density at radius 3 is 2.85 bits per heavy atom. The molecule has 1 aliphatic rings. The highest BCUT2D eigenvalue weighted by atomic mass is 16.5. The highest BCUT2D eigenvalue weighted by Gasteiger charge is 2.34. The first-order valence-electron chi connectivity index (χ1n) is 6.41. The normalized spacial score (nSPS) is 15.0. The molecule has 1 aliphatic heterocycles. The highest BCUT2D eigenvalue weighted by molar-refractivity contribution is 5.74. The van der Waals surface area contributed by atoms with Gasteiger partial charge in [0, 0.05) is 20.0 Å². The first-order chi connectivity index (χ1) is 9.69. The number of para-hydroxylation sites is 1. The molecule has 0 N–H and O–H groups in total. The number of likely N-dealkylation sites (tertiary alicyclic amines) is 1. The molecule has 1 aromatic carbocycles. The molecule has 0 atom stereocenters. The second kappa shape index (κ2) is 4.96. The van der Waals surface area contributed by atoms with Crippen molar-refractivity contribution in [1.29, 1.82) is 0 Å². The SMILES string of the molecule is COc1ccccc1-c1noc(C2CN(C(C)=O)C2)n1. The zero-order valence-electron chi connectivity index (χ0n) is 11.4. The fraction of sp³-hybridized carbons (Fsp3) is 0.357. The van der Waals surface area contributed by atoms with Gasteiger partial charge in [-0.05, 0) is 12.1 Å². The Balaban J connectivity index is 1.79. The molecule has 1 saturated heterocycles. The Hall–Kier alpha value is -2.37. The number of nitrogens with zero attached hydrogens (tertiary/aromatic N) is 3. The molecule has 2 aromatic rings. The maximum absolute atomic E-state index is 11.2. The van der Waals surface area contributed by atoms with Gasteiger partial charge in [0.1, 0.15) is 5.75 Å². The molecule has 1 fully saturated rings. The predicted octanol–water partition coefficient (Wildman–Crippen LogP) is 1.69. The van der Waals surface area contributed by atoms with Gasteiger partial charge in [0.25, 0.3) is 0 Å². The lowest BCUT2D eigenvalue weighted by Crippen LogP contribution is -2.47. The van der Waals surface area contributed by atoms with Crippen LogP contribution in [0.2, 0.25) is 0 Å². The van der Waals surface area contributed by atoms with Gasteiger partial charge in [0.2, 0.25) is 17.6 Å². The summed E-state index contributed by atoms with van der Waals surface area (Å²) < 4.78 is 10.6. The largest absolute Gasteiger partial charge is 0.496 e. The zero-order valence-corrected chi connectivity index (χ0v) is 11.4. The molecular formula is C14H15N3O3. The van der Waals surface area contributed by atoms with Crippen LogP contribution in [0.5, 0.6) is 5.75 Å². The van der Waals surface area contributed by atoms with Gasteiger partial charge in [-0.25, -0.2) is 0 Å². The van der Waals surface area contributed by atoms with Crippen molar-refractivity contribution < 1.29 is 14.1 Å². The van der Waals surface area contributed by atoms with E-state index >= 15 is 0 Å². The lowest BCUT2D eigenvalue weighted by molar-refractivity contribution is -0.133. The molecule has 1 aromatic heterocycles. The minimum atomic E-state index is 0.0747. The van der Waals surface area contributed by atoms with Crippen LogP contribution in [0.15, 0.2) is 28.8 Å². The van der Waals surface area contributed by atoms with Gasteiger partial charge in [0.05, 0.1) is 18.6 Å². The molecule has 0 aliphatic carbocycles. The number of carbonyl (C=O) groups is 1. The van der Waals surface area contributed by atoms with E-state index in [9.17, 15) is 4.79 Å². The second-order valence-corrected chi connectivity index (χ2v) is 4.78. The standard InChI is InChI=1S/C14H15N3O3/c1-9(18)17-7-10(8-17)14-15-13(16-20-14)11-5-3-4-6-12(11)19-2/h3-6,10H,7-8H2,1-2H3. The van der Waals surface area contributed by atoms with Gasteiger partial charge in [-0.3, -0.25) is 4.79 Å². The van der Waals surface area contributed by atoms with Gasteiger partial charge in [-0.2, -0.15) is 4.98 Å². The average molecular weight is 273 g/mol. The molecule has 104 valence electrons. The smallest absolute Gasteiger partial charge is 0.233 e. The molecule has 6 heteroatoms. The first kappa shape index (κ1) is 12.7. The lowest BCUT2D eigenvalue weighted by Gasteiger charge is -2.36. The molecule has 3 rings (SSSR count). The number of ether oxygens (including phenoxy) is 1. The Morgan fingerprint density at radius 1 is 1.40 bits per heavy atom. The number of hydrogen-bond donors (Lipinski definition) is 0. The van der Waals surface area contributed by atoms with Crippen LogP contribution in [-0.2, 0) is 4.79 Å². The van der Waals surface area contributed by atoms with E-state index < -0.39 is 0 Å². The lowest BCUT2D eigenvalue weighted by atomic mass is 10.0. The van der Waals surface area contributed by atoms with Crippen LogP contribution in [-0.4, -0.2) is 41.1 Å². The van der Waals surface area contributed by atoms with Crippen molar-refractivity contribution in [1.82, 2.24) is 15.0 Å². The fourth-order valence-electron chi connectivity index (χ4n) is 2.23. The van der Waals surface area contributed by atoms with Crippen molar-refractivity contribution in [2.45, 2.75) is 12.8 Å². The Morgan fingerprint density at radius 2 is 2.15 bits per heavy atom. The maximum atomic E-state index is 11.2. The van der Waals surface area contributed by atoms with Crippen LogP contribution in [0.3, 0.4) is 0 Å². The average Bonchev–Trinajstić information content (AvgIpc) is 2.85. The number of aromatic nitrogens is 2. The Labute approximate surface area is 116 Å². The fourth-order valence-corrected chi connectivity index (χ4v) is 2.23. The van der Waals surface area contributed by atoms with E-state index in [1.807, 2.05) is 24.3 Å². The summed E-state index contributed by atoms with van der Waals surface area (Å²) in [6.07, 6.45) is 0. The highest BCUT2D eigenvalue weighted by Crippen LogP contribution is 2.30. The molecular weight excluding hydrogens is 258 g/mol. The Kier molecular flexibility index (Phi) is 3.14. The third kappa shape index (κ3) is 2.13. The van der Waals surface area contributed by atoms with Crippen molar-refractivity contribution >= 4 is 5.91 Å². The van der Waals surface area contributed by atoms with E-state index in [1.165, 1.54) is 0 Å². The number of rotatable bonds is 3. The third-order valence-electron chi connectivity index (χ3n) is 3.47. The van der Waals surface area contributed by atoms with Gasteiger partial charge in [-0.1, -0.05) is 17.3 Å². The summed E-state index contributed by atoms with van der Waals surface area (Å²) in [5.41, 5.74) is 0.799. The second-order valence-electron chi connectivity index (χ2n) is 4.78. The summed E-state index contributed by atoms with van der Waals surface area (Å²) >= 11 is 0.